The molecule has 58 heavy (non-hydrogen) atoms. The molecular formula is C49H62N6O3. The molecule has 0 radical (unpaired) electrons. The number of anilines is 4. The number of hydrogen-bond acceptors (Lipinski definition) is 8. The van der Waals surface area contributed by atoms with Crippen LogP contribution >= 0.6 is 0 Å². The van der Waals surface area contributed by atoms with Gasteiger partial charge >= 0.3 is 0 Å². The van der Waals surface area contributed by atoms with Gasteiger partial charge in [0.15, 0.2) is 0 Å². The number of benzene rings is 4. The summed E-state index contributed by atoms with van der Waals surface area (Å²) in [5.74, 6) is 1.55. The Bertz CT molecular complexity index is 2050. The van der Waals surface area contributed by atoms with Gasteiger partial charge in [-0.05, 0) is 79.3 Å². The molecule has 306 valence electrons. The molecule has 0 saturated carbocycles. The zero-order chi connectivity index (χ0) is 42.4. The predicted molar refractivity (Wildman–Crippen MR) is 236 cm³/mol. The highest BCUT2D eigenvalue weighted by atomic mass is 16.3. The van der Waals surface area contributed by atoms with E-state index in [-0.39, 0.29) is 0 Å². The number of carbonyl (C=O) groups excluding carboxylic acids is 1. The van der Waals surface area contributed by atoms with Gasteiger partial charge in [-0.25, -0.2) is 0 Å². The van der Waals surface area contributed by atoms with Crippen LogP contribution in [0.2, 0.25) is 0 Å². The third kappa shape index (κ3) is 8.83. The highest BCUT2D eigenvalue weighted by Crippen LogP contribution is 2.47. The standard InChI is InChI=1S/C49H62N6O3/c1-46(2,3)36-27-32(28-37(41(36)57)47(4,5)6)40(33-29-38(48(7,8)9)42(58)39(30-33)49(10,11)12)43-50-44(54-25-23-53(31-56)24-26-54)52-45(51-43)55(34-19-15-13-16-20-34)35-21-17-14-18-22-35/h13-22,27-31,40,57-58H,23-26H2,1-12H3. The van der Waals surface area contributed by atoms with E-state index in [0.29, 0.717) is 55.4 Å². The molecule has 0 unspecified atom stereocenters. The molecule has 1 aliphatic heterocycles. The van der Waals surface area contributed by atoms with E-state index in [1.54, 1.807) is 4.90 Å². The van der Waals surface area contributed by atoms with Crippen LogP contribution in [-0.4, -0.2) is 62.7 Å². The van der Waals surface area contributed by atoms with E-state index in [4.69, 9.17) is 15.0 Å². The molecule has 0 aliphatic carbocycles. The largest absolute Gasteiger partial charge is 0.507 e. The van der Waals surface area contributed by atoms with Crippen LogP contribution in [0.15, 0.2) is 84.9 Å². The van der Waals surface area contributed by atoms with Gasteiger partial charge in [-0.3, -0.25) is 9.69 Å². The van der Waals surface area contributed by atoms with E-state index in [0.717, 1.165) is 51.2 Å². The first kappa shape index (κ1) is 42.2. The van der Waals surface area contributed by atoms with Crippen LogP contribution in [0.1, 0.15) is 128 Å². The number of carbonyl (C=O) groups is 1. The molecule has 4 aromatic carbocycles. The lowest BCUT2D eigenvalue weighted by atomic mass is 9.74. The van der Waals surface area contributed by atoms with Crippen molar-refractivity contribution in [2.24, 2.45) is 0 Å². The van der Waals surface area contributed by atoms with Crippen molar-refractivity contribution in [1.82, 2.24) is 19.9 Å². The van der Waals surface area contributed by atoms with E-state index in [1.165, 1.54) is 0 Å². The second-order valence-corrected chi connectivity index (χ2v) is 19.8. The van der Waals surface area contributed by atoms with Crippen LogP contribution in [0.5, 0.6) is 11.5 Å². The first-order chi connectivity index (χ1) is 27.1. The number of piperazine rings is 1. The minimum Gasteiger partial charge on any atom is -0.507 e. The number of hydrogen-bond donors (Lipinski definition) is 2. The van der Waals surface area contributed by atoms with Crippen molar-refractivity contribution in [3.63, 3.8) is 0 Å². The summed E-state index contributed by atoms with van der Waals surface area (Å²) in [6, 6.07) is 28.7. The maximum Gasteiger partial charge on any atom is 0.239 e. The van der Waals surface area contributed by atoms with Crippen molar-refractivity contribution in [3.8, 4) is 11.5 Å². The first-order valence-corrected chi connectivity index (χ1v) is 20.4. The third-order valence-electron chi connectivity index (χ3n) is 11.0. The van der Waals surface area contributed by atoms with E-state index in [1.807, 2.05) is 60.7 Å². The fraction of sp³-hybridized carbons (Fsp3) is 0.429. The Balaban J connectivity index is 1.76. The summed E-state index contributed by atoms with van der Waals surface area (Å²) in [4.78, 5) is 33.8. The summed E-state index contributed by atoms with van der Waals surface area (Å²) >= 11 is 0. The van der Waals surface area contributed by atoms with Gasteiger partial charge in [0, 0.05) is 37.6 Å². The highest BCUT2D eigenvalue weighted by Gasteiger charge is 2.35. The third-order valence-corrected chi connectivity index (χ3v) is 11.0. The lowest BCUT2D eigenvalue weighted by Gasteiger charge is -2.34. The molecule has 2 heterocycles. The van der Waals surface area contributed by atoms with Crippen LogP contribution in [0.25, 0.3) is 0 Å². The van der Waals surface area contributed by atoms with E-state index >= 15 is 0 Å². The van der Waals surface area contributed by atoms with Crippen LogP contribution in [0.3, 0.4) is 0 Å². The van der Waals surface area contributed by atoms with Crippen LogP contribution in [0, 0.1) is 0 Å². The molecule has 1 aromatic heterocycles. The number of rotatable bonds is 8. The number of phenols is 2. The molecule has 1 aliphatic rings. The average Bonchev–Trinajstić information content (AvgIpc) is 3.15. The minimum absolute atomic E-state index is 0.295. The zero-order valence-corrected chi connectivity index (χ0v) is 36.6. The molecule has 1 amide bonds. The normalized spacial score (nSPS) is 14.2. The number of amides is 1. The lowest BCUT2D eigenvalue weighted by Crippen LogP contribution is -2.46. The molecule has 1 saturated heterocycles. The maximum atomic E-state index is 12.0. The summed E-state index contributed by atoms with van der Waals surface area (Å²) in [5.41, 5.74) is 5.41. The smallest absolute Gasteiger partial charge is 0.239 e. The quantitative estimate of drug-likeness (QED) is 0.150. The number of phenolic OH excluding ortho intramolecular Hbond substituents is 2. The number of nitrogens with zero attached hydrogens (tertiary/aromatic N) is 6. The van der Waals surface area contributed by atoms with Crippen molar-refractivity contribution in [2.75, 3.05) is 36.0 Å². The average molecular weight is 783 g/mol. The molecule has 0 spiro atoms. The Kier molecular flexibility index (Phi) is 11.4. The van der Waals surface area contributed by atoms with E-state index in [2.05, 4.69) is 117 Å². The first-order valence-electron chi connectivity index (χ1n) is 20.4. The van der Waals surface area contributed by atoms with Crippen molar-refractivity contribution in [2.45, 2.75) is 111 Å². The zero-order valence-electron chi connectivity index (χ0n) is 36.6. The monoisotopic (exact) mass is 782 g/mol. The maximum absolute atomic E-state index is 12.0. The van der Waals surface area contributed by atoms with Gasteiger partial charge in [-0.15, -0.1) is 0 Å². The Morgan fingerprint density at radius 2 is 0.948 bits per heavy atom. The summed E-state index contributed by atoms with van der Waals surface area (Å²) in [6.07, 6.45) is 0.902. The lowest BCUT2D eigenvalue weighted by molar-refractivity contribution is -0.118. The molecule has 1 fully saturated rings. The van der Waals surface area contributed by atoms with E-state index in [9.17, 15) is 15.0 Å². The van der Waals surface area contributed by atoms with Gasteiger partial charge in [-0.1, -0.05) is 144 Å². The molecule has 2 N–H and O–H groups in total. The van der Waals surface area contributed by atoms with Crippen LogP contribution < -0.4 is 9.80 Å². The molecule has 5 aromatic rings. The summed E-state index contributed by atoms with van der Waals surface area (Å²) in [5, 5.41) is 23.9. The summed E-state index contributed by atoms with van der Waals surface area (Å²) in [6.45, 7) is 27.7. The van der Waals surface area contributed by atoms with Gasteiger partial charge < -0.3 is 20.0 Å². The van der Waals surface area contributed by atoms with Crippen molar-refractivity contribution in [3.05, 3.63) is 124 Å². The molecule has 0 atom stereocenters. The van der Waals surface area contributed by atoms with Gasteiger partial charge in [0.2, 0.25) is 18.3 Å². The Morgan fingerprint density at radius 3 is 1.29 bits per heavy atom. The number of aromatic hydroxyl groups is 2. The van der Waals surface area contributed by atoms with Gasteiger partial charge in [0.25, 0.3) is 0 Å². The van der Waals surface area contributed by atoms with Crippen LogP contribution in [0.4, 0.5) is 23.3 Å². The molecule has 0 bridgehead atoms. The van der Waals surface area contributed by atoms with Gasteiger partial charge in [0.05, 0.1) is 5.92 Å². The number of para-hydroxylation sites is 2. The second kappa shape index (κ2) is 15.7. The molecule has 9 nitrogen and oxygen atoms in total. The second-order valence-electron chi connectivity index (χ2n) is 19.8. The summed E-state index contributed by atoms with van der Waals surface area (Å²) in [7, 11) is 0. The fourth-order valence-electron chi connectivity index (χ4n) is 7.73. The Morgan fingerprint density at radius 1 is 0.569 bits per heavy atom. The fourth-order valence-corrected chi connectivity index (χ4v) is 7.73. The SMILES string of the molecule is CC(C)(C)c1cc(C(c2cc(C(C)(C)C)c(O)c(C(C)(C)C)c2)c2nc(N3CCN(C=O)CC3)nc(N(c3ccccc3)c3ccccc3)n2)cc(C(C)(C)C)c1O. The van der Waals surface area contributed by atoms with Crippen LogP contribution in [-0.2, 0) is 26.5 Å². The van der Waals surface area contributed by atoms with E-state index < -0.39 is 27.6 Å². The topological polar surface area (TPSA) is 106 Å². The van der Waals surface area contributed by atoms with Crippen molar-refractivity contribution >= 4 is 29.7 Å². The molecule has 6 rings (SSSR count). The van der Waals surface area contributed by atoms with Gasteiger partial charge in [0.1, 0.15) is 17.3 Å². The Hall–Kier alpha value is -5.44. The highest BCUT2D eigenvalue weighted by molar-refractivity contribution is 5.73. The molecular weight excluding hydrogens is 721 g/mol. The molecule has 9 heteroatoms. The van der Waals surface area contributed by atoms with Crippen molar-refractivity contribution < 1.29 is 15.0 Å². The number of aromatic nitrogens is 3. The summed E-state index contributed by atoms with van der Waals surface area (Å²) < 4.78 is 0. The van der Waals surface area contributed by atoms with Gasteiger partial charge in [-0.2, -0.15) is 15.0 Å². The Labute approximate surface area is 345 Å². The predicted octanol–water partition coefficient (Wildman–Crippen LogP) is 10.4. The van der Waals surface area contributed by atoms with Crippen molar-refractivity contribution in [1.29, 1.82) is 0 Å². The minimum atomic E-state index is -0.546.